The number of nitrogens with zero attached hydrogens (tertiary/aromatic N) is 2. The molecule has 0 atom stereocenters. The first-order chi connectivity index (χ1) is 10.7. The van der Waals surface area contributed by atoms with Gasteiger partial charge in [-0.25, -0.2) is 0 Å². The monoisotopic (exact) mass is 345 g/mol. The first-order valence-electron chi connectivity index (χ1n) is 6.38. The highest BCUT2D eigenvalue weighted by molar-refractivity contribution is 6.31. The Morgan fingerprint density at radius 3 is 2.65 bits per heavy atom. The van der Waals surface area contributed by atoms with E-state index in [1.165, 1.54) is 0 Å². The van der Waals surface area contributed by atoms with Crippen LogP contribution in [0.3, 0.4) is 0 Å². The molecule has 5 nitrogen and oxygen atoms in total. The largest absolute Gasteiger partial charge is 0.418 e. The van der Waals surface area contributed by atoms with E-state index < -0.39 is 27.4 Å². The Labute approximate surface area is 134 Å². The van der Waals surface area contributed by atoms with Crippen molar-refractivity contribution in [3.8, 4) is 0 Å². The standard InChI is InChI=1S/C14H11ClF3N3O2/c1-8-6-19-3-2-9(8)7-20-12-5-11(15)10(14(16,17)18)4-13(12)21(22)23/h2-6,20H,7H2,1H3. The van der Waals surface area contributed by atoms with Crippen LogP contribution in [0.1, 0.15) is 16.7 Å². The molecule has 1 N–H and O–H groups in total. The van der Waals surface area contributed by atoms with Crippen LogP contribution in [0.5, 0.6) is 0 Å². The van der Waals surface area contributed by atoms with Gasteiger partial charge in [0, 0.05) is 25.0 Å². The average molecular weight is 346 g/mol. The van der Waals surface area contributed by atoms with Gasteiger partial charge in [-0.3, -0.25) is 15.1 Å². The summed E-state index contributed by atoms with van der Waals surface area (Å²) in [7, 11) is 0. The summed E-state index contributed by atoms with van der Waals surface area (Å²) in [4.78, 5) is 14.1. The Bertz CT molecular complexity index is 751. The Morgan fingerprint density at radius 1 is 1.39 bits per heavy atom. The number of hydrogen-bond acceptors (Lipinski definition) is 4. The van der Waals surface area contributed by atoms with E-state index in [0.29, 0.717) is 6.07 Å². The second kappa shape index (κ2) is 6.41. The fourth-order valence-corrected chi connectivity index (χ4v) is 2.23. The fraction of sp³-hybridized carbons (Fsp3) is 0.214. The minimum atomic E-state index is -4.76. The normalized spacial score (nSPS) is 11.3. The minimum Gasteiger partial charge on any atom is -0.375 e. The lowest BCUT2D eigenvalue weighted by molar-refractivity contribution is -0.384. The van der Waals surface area contributed by atoms with Crippen molar-refractivity contribution in [2.75, 3.05) is 5.32 Å². The van der Waals surface area contributed by atoms with Crippen molar-refractivity contribution in [1.82, 2.24) is 4.98 Å². The number of aromatic nitrogens is 1. The SMILES string of the molecule is Cc1cnccc1CNc1cc(Cl)c(C(F)(F)F)cc1[N+](=O)[O-]. The number of alkyl halides is 3. The molecule has 0 saturated heterocycles. The molecule has 1 aromatic heterocycles. The van der Waals surface area contributed by atoms with Crippen LogP contribution >= 0.6 is 11.6 Å². The summed E-state index contributed by atoms with van der Waals surface area (Å²) in [5.41, 5.74) is -0.347. The fourth-order valence-electron chi connectivity index (χ4n) is 1.96. The molecule has 0 spiro atoms. The molecular weight excluding hydrogens is 335 g/mol. The van der Waals surface area contributed by atoms with Gasteiger partial charge in [0.25, 0.3) is 5.69 Å². The Hall–Kier alpha value is -2.35. The molecule has 9 heteroatoms. The zero-order valence-electron chi connectivity index (χ0n) is 11.8. The third-order valence-corrected chi connectivity index (χ3v) is 3.51. The van der Waals surface area contributed by atoms with Crippen molar-refractivity contribution >= 4 is 23.0 Å². The molecule has 0 radical (unpaired) electrons. The number of nitrogens with one attached hydrogen (secondary N) is 1. The molecule has 0 saturated carbocycles. The minimum absolute atomic E-state index is 0.0794. The number of pyridine rings is 1. The maximum absolute atomic E-state index is 12.8. The van der Waals surface area contributed by atoms with Crippen LogP contribution in [-0.4, -0.2) is 9.91 Å². The molecule has 122 valence electrons. The number of aryl methyl sites for hydroxylation is 1. The molecule has 1 aromatic carbocycles. The van der Waals surface area contributed by atoms with Crippen molar-refractivity contribution in [3.63, 3.8) is 0 Å². The number of halogens is 4. The van der Waals surface area contributed by atoms with E-state index in [1.54, 1.807) is 25.4 Å². The molecule has 1 heterocycles. The van der Waals surface area contributed by atoms with E-state index in [1.807, 2.05) is 0 Å². The number of hydrogen-bond donors (Lipinski definition) is 1. The Morgan fingerprint density at radius 2 is 2.09 bits per heavy atom. The van der Waals surface area contributed by atoms with Crippen molar-refractivity contribution in [1.29, 1.82) is 0 Å². The summed E-state index contributed by atoms with van der Waals surface area (Å²) in [6.07, 6.45) is -1.59. The van der Waals surface area contributed by atoms with Gasteiger partial charge in [0.1, 0.15) is 5.69 Å². The van der Waals surface area contributed by atoms with Gasteiger partial charge in [0.05, 0.1) is 15.5 Å². The molecule has 0 fully saturated rings. The van der Waals surface area contributed by atoms with Crippen LogP contribution < -0.4 is 5.32 Å². The molecule has 0 bridgehead atoms. The summed E-state index contributed by atoms with van der Waals surface area (Å²) >= 11 is 5.61. The lowest BCUT2D eigenvalue weighted by Crippen LogP contribution is -2.09. The van der Waals surface area contributed by atoms with Gasteiger partial charge in [-0.05, 0) is 30.2 Å². The number of rotatable bonds is 4. The Kier molecular flexibility index (Phi) is 4.74. The number of nitro groups is 1. The van der Waals surface area contributed by atoms with E-state index in [0.717, 1.165) is 17.2 Å². The van der Waals surface area contributed by atoms with E-state index in [-0.39, 0.29) is 12.2 Å². The van der Waals surface area contributed by atoms with E-state index in [9.17, 15) is 23.3 Å². The van der Waals surface area contributed by atoms with Gasteiger partial charge in [-0.2, -0.15) is 13.2 Å². The van der Waals surface area contributed by atoms with E-state index in [4.69, 9.17) is 11.6 Å². The quantitative estimate of drug-likeness (QED) is 0.650. The zero-order valence-corrected chi connectivity index (χ0v) is 12.6. The maximum Gasteiger partial charge on any atom is 0.418 e. The molecule has 0 unspecified atom stereocenters. The lowest BCUT2D eigenvalue weighted by atomic mass is 10.1. The van der Waals surface area contributed by atoms with Gasteiger partial charge in [-0.15, -0.1) is 0 Å². The summed E-state index contributed by atoms with van der Waals surface area (Å²) in [6.45, 7) is 2.00. The highest BCUT2D eigenvalue weighted by atomic mass is 35.5. The summed E-state index contributed by atoms with van der Waals surface area (Å²) in [6, 6.07) is 3.06. The molecule has 0 amide bonds. The highest BCUT2D eigenvalue weighted by Crippen LogP contribution is 2.40. The van der Waals surface area contributed by atoms with E-state index >= 15 is 0 Å². The van der Waals surface area contributed by atoms with Crippen LogP contribution in [0.15, 0.2) is 30.6 Å². The van der Waals surface area contributed by atoms with Crippen molar-refractivity contribution in [2.24, 2.45) is 0 Å². The second-order valence-corrected chi connectivity index (χ2v) is 5.17. The van der Waals surface area contributed by atoms with Gasteiger partial charge < -0.3 is 5.32 Å². The van der Waals surface area contributed by atoms with Crippen LogP contribution in [-0.2, 0) is 12.7 Å². The van der Waals surface area contributed by atoms with Gasteiger partial charge in [0.15, 0.2) is 0 Å². The molecule has 23 heavy (non-hydrogen) atoms. The van der Waals surface area contributed by atoms with Gasteiger partial charge in [0.2, 0.25) is 0 Å². The third-order valence-electron chi connectivity index (χ3n) is 3.19. The first kappa shape index (κ1) is 17.0. The summed E-state index contributed by atoms with van der Waals surface area (Å²) in [5.74, 6) is 0. The average Bonchev–Trinajstić information content (AvgIpc) is 2.44. The van der Waals surface area contributed by atoms with Crippen molar-refractivity contribution < 1.29 is 18.1 Å². The number of nitro benzene ring substituents is 1. The summed E-state index contributed by atoms with van der Waals surface area (Å²) < 4.78 is 38.4. The van der Waals surface area contributed by atoms with E-state index in [2.05, 4.69) is 10.3 Å². The zero-order chi connectivity index (χ0) is 17.2. The smallest absolute Gasteiger partial charge is 0.375 e. The third kappa shape index (κ3) is 3.89. The molecule has 0 aliphatic heterocycles. The predicted octanol–water partition coefficient (Wildman–Crippen LogP) is 4.58. The molecule has 2 aromatic rings. The van der Waals surface area contributed by atoms with Crippen LogP contribution in [0.4, 0.5) is 24.5 Å². The predicted molar refractivity (Wildman–Crippen MR) is 79.4 cm³/mol. The first-order valence-corrected chi connectivity index (χ1v) is 6.76. The Balaban J connectivity index is 2.37. The lowest BCUT2D eigenvalue weighted by Gasteiger charge is -2.13. The molecule has 0 aliphatic rings. The van der Waals surface area contributed by atoms with Gasteiger partial charge >= 0.3 is 6.18 Å². The van der Waals surface area contributed by atoms with Crippen LogP contribution in [0.25, 0.3) is 0 Å². The maximum atomic E-state index is 12.8. The van der Waals surface area contributed by atoms with Crippen LogP contribution in [0, 0.1) is 17.0 Å². The topological polar surface area (TPSA) is 68.1 Å². The molecule has 0 aliphatic carbocycles. The van der Waals surface area contributed by atoms with Crippen molar-refractivity contribution in [2.45, 2.75) is 19.6 Å². The highest BCUT2D eigenvalue weighted by Gasteiger charge is 2.36. The number of benzene rings is 1. The molecule has 2 rings (SSSR count). The van der Waals surface area contributed by atoms with Crippen molar-refractivity contribution in [3.05, 3.63) is 62.4 Å². The van der Waals surface area contributed by atoms with Gasteiger partial charge in [-0.1, -0.05) is 11.6 Å². The second-order valence-electron chi connectivity index (χ2n) is 4.76. The number of anilines is 1. The van der Waals surface area contributed by atoms with Crippen LogP contribution in [0.2, 0.25) is 5.02 Å². The molecular formula is C14H11ClF3N3O2. The summed E-state index contributed by atoms with van der Waals surface area (Å²) in [5, 5.41) is 13.2.